The number of Topliss-reactive ketones (excluding diaryl/α,β-unsaturated/α-hetero) is 1. The van der Waals surface area contributed by atoms with E-state index in [2.05, 4.69) is 10.2 Å². The molecule has 2 aromatic heterocycles. The SMILES string of the molecule is COc1cc(C2C(C(=O)c3cc4ccccc4o3)=C(O)C(=O)N2c2nnc(SCc3ccccc3F)s2)ccc1OCc1ccccc1. The van der Waals surface area contributed by atoms with Crippen LogP contribution in [-0.4, -0.2) is 34.1 Å². The van der Waals surface area contributed by atoms with Crippen molar-refractivity contribution >= 4 is 50.9 Å². The second-order valence-electron chi connectivity index (χ2n) is 10.7. The van der Waals surface area contributed by atoms with E-state index in [-0.39, 0.29) is 22.3 Å². The predicted molar refractivity (Wildman–Crippen MR) is 180 cm³/mol. The van der Waals surface area contributed by atoms with Crippen molar-refractivity contribution in [1.82, 2.24) is 10.2 Å². The van der Waals surface area contributed by atoms with Crippen LogP contribution in [0.2, 0.25) is 0 Å². The first-order valence-corrected chi connectivity index (χ1v) is 16.6. The molecule has 0 aliphatic carbocycles. The average molecular weight is 680 g/mol. The van der Waals surface area contributed by atoms with E-state index >= 15 is 0 Å². The topological polar surface area (TPSA) is 115 Å². The summed E-state index contributed by atoms with van der Waals surface area (Å²) in [5.41, 5.74) is 2.21. The van der Waals surface area contributed by atoms with Gasteiger partial charge in [-0.05, 0) is 47.0 Å². The number of rotatable bonds is 11. The van der Waals surface area contributed by atoms with Gasteiger partial charge in [0.05, 0.1) is 18.7 Å². The van der Waals surface area contributed by atoms with E-state index in [1.165, 1.54) is 29.8 Å². The number of benzene rings is 4. The Labute approximate surface area is 282 Å². The maximum atomic E-state index is 14.2. The van der Waals surface area contributed by atoms with Crippen molar-refractivity contribution in [3.8, 4) is 11.5 Å². The molecule has 0 saturated heterocycles. The van der Waals surface area contributed by atoms with Gasteiger partial charge in [0.2, 0.25) is 10.9 Å². The highest BCUT2D eigenvalue weighted by atomic mass is 32.2. The van der Waals surface area contributed by atoms with Crippen molar-refractivity contribution in [1.29, 1.82) is 0 Å². The summed E-state index contributed by atoms with van der Waals surface area (Å²) in [5.74, 6) is -1.50. The minimum Gasteiger partial charge on any atom is -0.503 e. The maximum Gasteiger partial charge on any atom is 0.296 e. The van der Waals surface area contributed by atoms with E-state index in [1.807, 2.05) is 36.4 Å². The first-order valence-electron chi connectivity index (χ1n) is 14.8. The molecule has 9 nitrogen and oxygen atoms in total. The second kappa shape index (κ2) is 13.3. The molecule has 1 aliphatic heterocycles. The van der Waals surface area contributed by atoms with Gasteiger partial charge in [0.25, 0.3) is 5.91 Å². The number of anilines is 1. The monoisotopic (exact) mass is 679 g/mol. The van der Waals surface area contributed by atoms with Crippen LogP contribution < -0.4 is 14.4 Å². The van der Waals surface area contributed by atoms with Crippen LogP contribution in [0.3, 0.4) is 0 Å². The molecule has 48 heavy (non-hydrogen) atoms. The van der Waals surface area contributed by atoms with Crippen LogP contribution in [0, 0.1) is 5.82 Å². The minimum absolute atomic E-state index is 0.0365. The summed E-state index contributed by atoms with van der Waals surface area (Å²) < 4.78 is 32.3. The number of aromatic nitrogens is 2. The van der Waals surface area contributed by atoms with Crippen molar-refractivity contribution < 1.29 is 33.0 Å². The van der Waals surface area contributed by atoms with E-state index in [4.69, 9.17) is 13.9 Å². The van der Waals surface area contributed by atoms with Gasteiger partial charge >= 0.3 is 0 Å². The Kier molecular flexibility index (Phi) is 8.66. The molecule has 1 N–H and O–H groups in total. The molecule has 3 heterocycles. The molecule has 0 radical (unpaired) electrons. The molecule has 7 rings (SSSR count). The van der Waals surface area contributed by atoms with Gasteiger partial charge in [0.1, 0.15) is 18.0 Å². The van der Waals surface area contributed by atoms with Gasteiger partial charge in [0.15, 0.2) is 27.4 Å². The number of carbonyl (C=O) groups is 2. The van der Waals surface area contributed by atoms with Gasteiger partial charge in [-0.1, -0.05) is 95.9 Å². The van der Waals surface area contributed by atoms with Crippen LogP contribution >= 0.6 is 23.1 Å². The molecule has 1 aliphatic rings. The highest BCUT2D eigenvalue weighted by molar-refractivity contribution is 8.00. The van der Waals surface area contributed by atoms with Crippen LogP contribution in [0.1, 0.15) is 33.3 Å². The number of methoxy groups -OCH3 is 1. The van der Waals surface area contributed by atoms with E-state index in [1.54, 1.807) is 60.7 Å². The summed E-state index contributed by atoms with van der Waals surface area (Å²) in [7, 11) is 1.49. The van der Waals surface area contributed by atoms with Gasteiger partial charge in [-0.3, -0.25) is 14.5 Å². The minimum atomic E-state index is -1.12. The number of nitrogens with zero attached hydrogens (tertiary/aromatic N) is 3. The standard InChI is InChI=1S/C36H26FN3O6S2/c1-44-28-18-23(15-16-27(28)45-19-21-9-3-2-4-10-21)31-30(32(41)29-17-22-11-6-8-14-26(22)46-29)33(42)34(43)40(31)35-38-39-36(48-35)47-20-24-12-5-7-13-25(24)37/h2-18,31,42H,19-20H2,1H3. The number of furan rings is 1. The molecule has 0 spiro atoms. The predicted octanol–water partition coefficient (Wildman–Crippen LogP) is 8.09. The lowest BCUT2D eigenvalue weighted by atomic mass is 9.95. The number of fused-ring (bicyclic) bond motifs is 1. The van der Waals surface area contributed by atoms with Crippen LogP contribution in [0.5, 0.6) is 11.5 Å². The fourth-order valence-electron chi connectivity index (χ4n) is 5.40. The molecule has 1 amide bonds. The van der Waals surface area contributed by atoms with Crippen LogP contribution in [0.15, 0.2) is 123 Å². The number of halogens is 1. The fraction of sp³-hybridized carbons (Fsp3) is 0.111. The number of ether oxygens (including phenoxy) is 2. The number of carbonyl (C=O) groups excluding carboxylic acids is 2. The van der Waals surface area contributed by atoms with Gasteiger partial charge in [-0.25, -0.2) is 4.39 Å². The number of aliphatic hydroxyl groups is 1. The number of aliphatic hydroxyl groups excluding tert-OH is 1. The lowest BCUT2D eigenvalue weighted by Gasteiger charge is -2.24. The first-order chi connectivity index (χ1) is 23.4. The summed E-state index contributed by atoms with van der Waals surface area (Å²) >= 11 is 2.34. The summed E-state index contributed by atoms with van der Waals surface area (Å²) in [6.07, 6.45) is 0. The summed E-state index contributed by atoms with van der Waals surface area (Å²) in [5, 5.41) is 20.6. The zero-order valence-corrected chi connectivity index (χ0v) is 27.0. The number of ketones is 1. The lowest BCUT2D eigenvalue weighted by molar-refractivity contribution is -0.117. The van der Waals surface area contributed by atoms with Gasteiger partial charge in [-0.2, -0.15) is 0 Å². The van der Waals surface area contributed by atoms with Crippen LogP contribution in [-0.2, 0) is 17.2 Å². The van der Waals surface area contributed by atoms with E-state index < -0.39 is 23.5 Å². The number of amides is 1. The number of hydrogen-bond acceptors (Lipinski definition) is 10. The van der Waals surface area contributed by atoms with Crippen molar-refractivity contribution in [2.75, 3.05) is 12.0 Å². The highest BCUT2D eigenvalue weighted by Crippen LogP contribution is 2.46. The third-order valence-electron chi connectivity index (χ3n) is 7.75. The summed E-state index contributed by atoms with van der Waals surface area (Å²) in [6.45, 7) is 0.291. The molecule has 240 valence electrons. The lowest BCUT2D eigenvalue weighted by Crippen LogP contribution is -2.31. The molecule has 6 aromatic rings. The van der Waals surface area contributed by atoms with Crippen molar-refractivity contribution in [3.05, 3.63) is 143 Å². The molecule has 0 saturated carbocycles. The second-order valence-corrected chi connectivity index (χ2v) is 12.9. The molecular weight excluding hydrogens is 654 g/mol. The Hall–Kier alpha value is -5.46. The van der Waals surface area contributed by atoms with Gasteiger partial charge in [-0.15, -0.1) is 10.2 Å². The Morgan fingerprint density at radius 2 is 1.75 bits per heavy atom. The normalized spacial score (nSPS) is 14.6. The Balaban J connectivity index is 1.25. The Morgan fingerprint density at radius 3 is 2.54 bits per heavy atom. The average Bonchev–Trinajstić information content (AvgIpc) is 3.83. The Bertz CT molecular complexity index is 2150. The molecular formula is C36H26FN3O6S2. The highest BCUT2D eigenvalue weighted by Gasteiger charge is 2.47. The van der Waals surface area contributed by atoms with Crippen molar-refractivity contribution in [3.63, 3.8) is 0 Å². The van der Waals surface area contributed by atoms with Crippen molar-refractivity contribution in [2.45, 2.75) is 22.7 Å². The molecule has 0 bridgehead atoms. The van der Waals surface area contributed by atoms with E-state index in [0.717, 1.165) is 16.9 Å². The molecule has 12 heteroatoms. The summed E-state index contributed by atoms with van der Waals surface area (Å²) in [4.78, 5) is 29.1. The third kappa shape index (κ3) is 6.03. The fourth-order valence-corrected chi connectivity index (χ4v) is 7.25. The quantitative estimate of drug-likeness (QED) is 0.0824. The van der Waals surface area contributed by atoms with Crippen LogP contribution in [0.4, 0.5) is 9.52 Å². The zero-order valence-electron chi connectivity index (χ0n) is 25.3. The molecule has 4 aromatic carbocycles. The van der Waals surface area contributed by atoms with E-state index in [9.17, 15) is 19.1 Å². The van der Waals surface area contributed by atoms with Gasteiger partial charge in [0, 0.05) is 11.1 Å². The Morgan fingerprint density at radius 1 is 0.979 bits per heavy atom. The first kappa shape index (κ1) is 31.2. The molecule has 1 atom stereocenters. The maximum absolute atomic E-state index is 14.2. The smallest absolute Gasteiger partial charge is 0.296 e. The summed E-state index contributed by atoms with van der Waals surface area (Å²) in [6, 6.07) is 28.7. The third-order valence-corrected chi connectivity index (χ3v) is 9.86. The number of hydrogen-bond donors (Lipinski definition) is 1. The number of thioether (sulfide) groups is 1. The molecule has 1 unspecified atom stereocenters. The van der Waals surface area contributed by atoms with E-state index in [0.29, 0.717) is 50.3 Å². The largest absolute Gasteiger partial charge is 0.503 e. The van der Waals surface area contributed by atoms with Crippen LogP contribution in [0.25, 0.3) is 11.0 Å². The number of para-hydroxylation sites is 1. The zero-order chi connectivity index (χ0) is 33.2. The van der Waals surface area contributed by atoms with Gasteiger partial charge < -0.3 is 19.0 Å². The van der Waals surface area contributed by atoms with Crippen molar-refractivity contribution in [2.24, 2.45) is 0 Å². The molecule has 0 fully saturated rings.